The Hall–Kier alpha value is -0.610. The highest BCUT2D eigenvalue weighted by Gasteiger charge is 2.17. The summed E-state index contributed by atoms with van der Waals surface area (Å²) in [7, 11) is 0. The summed E-state index contributed by atoms with van der Waals surface area (Å²) >= 11 is 0. The Morgan fingerprint density at radius 3 is 2.50 bits per heavy atom. The molecule has 1 amide bonds. The minimum atomic E-state index is -0.997. The summed E-state index contributed by atoms with van der Waals surface area (Å²) in [4.78, 5) is 12.6. The normalized spacial score (nSPS) is 22.1. The van der Waals surface area contributed by atoms with E-state index >= 15 is 0 Å². The number of hydrogen-bond donors (Lipinski definition) is 2. The lowest BCUT2D eigenvalue weighted by Crippen LogP contribution is -2.42. The zero-order valence-electron chi connectivity index (χ0n) is 7.20. The maximum atomic E-state index is 10.5. The molecule has 4 heteroatoms. The standard InChI is InChI=1S/C8H16N2O2/c9-8(12)7(11)6-10-4-2-1-3-5-10/h7,11H,1-6H2,(H2,9,12). The predicted octanol–water partition coefficient (Wildman–Crippen LogP) is -0.682. The average molecular weight is 172 g/mol. The van der Waals surface area contributed by atoms with Crippen molar-refractivity contribution in [3.63, 3.8) is 0 Å². The van der Waals surface area contributed by atoms with Gasteiger partial charge in [0.15, 0.2) is 0 Å². The Labute approximate surface area is 72.3 Å². The molecular formula is C8H16N2O2. The van der Waals surface area contributed by atoms with Crippen molar-refractivity contribution in [2.24, 2.45) is 5.73 Å². The number of rotatable bonds is 3. The van der Waals surface area contributed by atoms with Crippen molar-refractivity contribution in [1.29, 1.82) is 0 Å². The van der Waals surface area contributed by atoms with E-state index in [0.717, 1.165) is 25.9 Å². The minimum absolute atomic E-state index is 0.398. The highest BCUT2D eigenvalue weighted by atomic mass is 16.3. The molecule has 0 saturated carbocycles. The maximum absolute atomic E-state index is 10.5. The molecule has 1 atom stereocenters. The van der Waals surface area contributed by atoms with E-state index in [-0.39, 0.29) is 0 Å². The van der Waals surface area contributed by atoms with Crippen molar-refractivity contribution in [1.82, 2.24) is 4.90 Å². The highest BCUT2D eigenvalue weighted by Crippen LogP contribution is 2.08. The third kappa shape index (κ3) is 2.79. The van der Waals surface area contributed by atoms with Gasteiger partial charge in [-0.05, 0) is 25.9 Å². The number of carbonyl (C=O) groups is 1. The SMILES string of the molecule is NC(=O)C(O)CN1CCCCC1. The van der Waals surface area contributed by atoms with E-state index < -0.39 is 12.0 Å². The molecule has 0 bridgehead atoms. The first-order chi connectivity index (χ1) is 5.70. The Balaban J connectivity index is 2.24. The largest absolute Gasteiger partial charge is 0.382 e. The second kappa shape index (κ2) is 4.42. The van der Waals surface area contributed by atoms with Gasteiger partial charge in [-0.2, -0.15) is 0 Å². The van der Waals surface area contributed by atoms with Crippen molar-refractivity contribution < 1.29 is 9.90 Å². The Morgan fingerprint density at radius 1 is 1.42 bits per heavy atom. The predicted molar refractivity (Wildman–Crippen MR) is 45.5 cm³/mol. The Kier molecular flexibility index (Phi) is 3.49. The van der Waals surface area contributed by atoms with Gasteiger partial charge in [0.2, 0.25) is 5.91 Å². The number of nitrogens with two attached hydrogens (primary N) is 1. The van der Waals surface area contributed by atoms with Gasteiger partial charge < -0.3 is 15.7 Å². The first kappa shape index (κ1) is 9.48. The minimum Gasteiger partial charge on any atom is -0.382 e. The van der Waals surface area contributed by atoms with Crippen LogP contribution in [0.1, 0.15) is 19.3 Å². The number of β-amino-alcohol motifs (C(OH)–C–C–N with tert-alkyl or cyclic N) is 1. The van der Waals surface area contributed by atoms with E-state index in [1.165, 1.54) is 6.42 Å². The fraction of sp³-hybridized carbons (Fsp3) is 0.875. The zero-order chi connectivity index (χ0) is 8.97. The van der Waals surface area contributed by atoms with Crippen LogP contribution in [-0.4, -0.2) is 41.7 Å². The molecule has 0 aromatic rings. The van der Waals surface area contributed by atoms with E-state index in [4.69, 9.17) is 10.8 Å². The molecule has 1 aliphatic rings. The molecule has 3 N–H and O–H groups in total. The number of aliphatic hydroxyl groups excluding tert-OH is 1. The van der Waals surface area contributed by atoms with Gasteiger partial charge in [0.05, 0.1) is 0 Å². The fourth-order valence-corrected chi connectivity index (χ4v) is 1.48. The molecule has 0 aromatic heterocycles. The molecule has 1 rings (SSSR count). The van der Waals surface area contributed by atoms with E-state index in [2.05, 4.69) is 4.90 Å². The topological polar surface area (TPSA) is 66.6 Å². The van der Waals surface area contributed by atoms with Crippen molar-refractivity contribution in [2.45, 2.75) is 25.4 Å². The van der Waals surface area contributed by atoms with Crippen LogP contribution in [0, 0.1) is 0 Å². The van der Waals surface area contributed by atoms with Gasteiger partial charge in [-0.3, -0.25) is 4.79 Å². The summed E-state index contributed by atoms with van der Waals surface area (Å²) in [5.41, 5.74) is 4.94. The number of nitrogens with zero attached hydrogens (tertiary/aromatic N) is 1. The number of carbonyl (C=O) groups excluding carboxylic acids is 1. The lowest BCUT2D eigenvalue weighted by atomic mass is 10.1. The van der Waals surface area contributed by atoms with E-state index in [1.54, 1.807) is 0 Å². The van der Waals surface area contributed by atoms with Crippen LogP contribution in [0.2, 0.25) is 0 Å². The summed E-state index contributed by atoms with van der Waals surface area (Å²) in [6.45, 7) is 2.35. The van der Waals surface area contributed by atoms with Gasteiger partial charge in [0, 0.05) is 6.54 Å². The van der Waals surface area contributed by atoms with Crippen LogP contribution >= 0.6 is 0 Å². The van der Waals surface area contributed by atoms with Crippen LogP contribution in [0.3, 0.4) is 0 Å². The maximum Gasteiger partial charge on any atom is 0.247 e. The van der Waals surface area contributed by atoms with Crippen LogP contribution in [0.4, 0.5) is 0 Å². The van der Waals surface area contributed by atoms with E-state index in [1.807, 2.05) is 0 Å². The lowest BCUT2D eigenvalue weighted by molar-refractivity contribution is -0.127. The Bertz CT molecular complexity index is 155. The fourth-order valence-electron chi connectivity index (χ4n) is 1.48. The molecular weight excluding hydrogens is 156 g/mol. The first-order valence-corrected chi connectivity index (χ1v) is 4.40. The van der Waals surface area contributed by atoms with Gasteiger partial charge in [-0.1, -0.05) is 6.42 Å². The second-order valence-electron chi connectivity index (χ2n) is 3.28. The number of piperidine rings is 1. The molecule has 1 saturated heterocycles. The summed E-state index contributed by atoms with van der Waals surface area (Å²) in [6, 6.07) is 0. The summed E-state index contributed by atoms with van der Waals surface area (Å²) in [5.74, 6) is -0.624. The van der Waals surface area contributed by atoms with Gasteiger partial charge in [0.1, 0.15) is 6.10 Å². The van der Waals surface area contributed by atoms with Gasteiger partial charge in [0.25, 0.3) is 0 Å². The van der Waals surface area contributed by atoms with Crippen LogP contribution in [0.25, 0.3) is 0 Å². The van der Waals surface area contributed by atoms with Crippen LogP contribution < -0.4 is 5.73 Å². The van der Waals surface area contributed by atoms with Crippen LogP contribution in [-0.2, 0) is 4.79 Å². The molecule has 4 nitrogen and oxygen atoms in total. The van der Waals surface area contributed by atoms with Crippen molar-refractivity contribution >= 4 is 5.91 Å². The van der Waals surface area contributed by atoms with E-state index in [9.17, 15) is 4.79 Å². The third-order valence-electron chi connectivity index (χ3n) is 2.21. The van der Waals surface area contributed by atoms with Crippen molar-refractivity contribution in [3.05, 3.63) is 0 Å². The third-order valence-corrected chi connectivity index (χ3v) is 2.21. The smallest absolute Gasteiger partial charge is 0.247 e. The van der Waals surface area contributed by atoms with Gasteiger partial charge >= 0.3 is 0 Å². The average Bonchev–Trinajstić information content (AvgIpc) is 2.06. The lowest BCUT2D eigenvalue weighted by Gasteiger charge is -2.27. The second-order valence-corrected chi connectivity index (χ2v) is 3.28. The van der Waals surface area contributed by atoms with E-state index in [0.29, 0.717) is 6.54 Å². The molecule has 1 fully saturated rings. The molecule has 0 aromatic carbocycles. The number of hydrogen-bond acceptors (Lipinski definition) is 3. The molecule has 70 valence electrons. The van der Waals surface area contributed by atoms with Crippen molar-refractivity contribution in [2.75, 3.05) is 19.6 Å². The quantitative estimate of drug-likeness (QED) is 0.592. The van der Waals surface area contributed by atoms with Gasteiger partial charge in [-0.15, -0.1) is 0 Å². The van der Waals surface area contributed by atoms with Crippen LogP contribution in [0.15, 0.2) is 0 Å². The first-order valence-electron chi connectivity index (χ1n) is 4.40. The molecule has 12 heavy (non-hydrogen) atoms. The highest BCUT2D eigenvalue weighted by molar-refractivity contribution is 5.78. The molecule has 1 unspecified atom stereocenters. The van der Waals surface area contributed by atoms with Crippen LogP contribution in [0.5, 0.6) is 0 Å². The molecule has 0 radical (unpaired) electrons. The number of likely N-dealkylation sites (tertiary alicyclic amines) is 1. The molecule has 0 aliphatic carbocycles. The zero-order valence-corrected chi connectivity index (χ0v) is 7.20. The van der Waals surface area contributed by atoms with Gasteiger partial charge in [-0.25, -0.2) is 0 Å². The number of aliphatic hydroxyl groups is 1. The summed E-state index contributed by atoms with van der Waals surface area (Å²) in [5, 5.41) is 9.16. The summed E-state index contributed by atoms with van der Waals surface area (Å²) < 4.78 is 0. The Morgan fingerprint density at radius 2 is 2.00 bits per heavy atom. The summed E-state index contributed by atoms with van der Waals surface area (Å²) in [6.07, 6.45) is 2.57. The number of amides is 1. The molecule has 1 heterocycles. The monoisotopic (exact) mass is 172 g/mol. The van der Waals surface area contributed by atoms with Crippen molar-refractivity contribution in [3.8, 4) is 0 Å². The molecule has 0 spiro atoms. The molecule has 1 aliphatic heterocycles. The number of primary amides is 1.